The van der Waals surface area contributed by atoms with E-state index in [2.05, 4.69) is 4.90 Å². The van der Waals surface area contributed by atoms with Crippen LogP contribution in [0.4, 0.5) is 0 Å². The van der Waals surface area contributed by atoms with Crippen LogP contribution in [0.3, 0.4) is 0 Å². The molecule has 0 radical (unpaired) electrons. The van der Waals surface area contributed by atoms with Crippen molar-refractivity contribution in [1.29, 1.82) is 5.41 Å². The number of hydrogen-bond acceptors (Lipinski definition) is 3. The van der Waals surface area contributed by atoms with Crippen LogP contribution >= 0.6 is 0 Å². The molecule has 0 aromatic heterocycles. The van der Waals surface area contributed by atoms with Gasteiger partial charge in [0.15, 0.2) is 0 Å². The molecule has 2 rings (SSSR count). The van der Waals surface area contributed by atoms with Crippen molar-refractivity contribution in [2.24, 2.45) is 23.0 Å². The van der Waals surface area contributed by atoms with E-state index < -0.39 is 0 Å². The molecule has 2 fully saturated rings. The third kappa shape index (κ3) is 2.86. The summed E-state index contributed by atoms with van der Waals surface area (Å²) in [7, 11) is 0. The van der Waals surface area contributed by atoms with Gasteiger partial charge in [0, 0.05) is 24.4 Å². The molecular formula is C14H27N3O. The summed E-state index contributed by atoms with van der Waals surface area (Å²) < 4.78 is 0. The zero-order chi connectivity index (χ0) is 13.3. The summed E-state index contributed by atoms with van der Waals surface area (Å²) in [5.41, 5.74) is 5.42. The van der Waals surface area contributed by atoms with E-state index in [1.165, 1.54) is 6.42 Å². The average Bonchev–Trinajstić information content (AvgIpc) is 2.81. The molecule has 0 bridgehead atoms. The monoisotopic (exact) mass is 253 g/mol. The second kappa shape index (κ2) is 5.17. The van der Waals surface area contributed by atoms with E-state index in [9.17, 15) is 5.11 Å². The molecule has 1 saturated carbocycles. The number of nitrogens with one attached hydrogen (secondary N) is 1. The van der Waals surface area contributed by atoms with E-state index in [0.717, 1.165) is 44.8 Å². The molecule has 3 unspecified atom stereocenters. The van der Waals surface area contributed by atoms with E-state index in [1.807, 2.05) is 13.8 Å². The van der Waals surface area contributed by atoms with Crippen molar-refractivity contribution >= 4 is 5.84 Å². The van der Waals surface area contributed by atoms with Gasteiger partial charge in [-0.2, -0.15) is 0 Å². The SMILES string of the molecule is CC(C)(CCCN1CC2CCC(O)C2C1)C(=N)N. The van der Waals surface area contributed by atoms with Crippen molar-refractivity contribution in [1.82, 2.24) is 4.90 Å². The van der Waals surface area contributed by atoms with Gasteiger partial charge in [-0.1, -0.05) is 13.8 Å². The predicted octanol–water partition coefficient (Wildman–Crippen LogP) is 1.43. The number of fused-ring (bicyclic) bond motifs is 1. The van der Waals surface area contributed by atoms with Crippen LogP contribution < -0.4 is 5.73 Å². The van der Waals surface area contributed by atoms with Crippen molar-refractivity contribution in [3.8, 4) is 0 Å². The highest BCUT2D eigenvalue weighted by Crippen LogP contribution is 2.38. The number of nitrogens with two attached hydrogens (primary N) is 1. The summed E-state index contributed by atoms with van der Waals surface area (Å²) in [5.74, 6) is 1.53. The van der Waals surface area contributed by atoms with Gasteiger partial charge < -0.3 is 15.7 Å². The number of amidine groups is 1. The van der Waals surface area contributed by atoms with Crippen LogP contribution in [0, 0.1) is 22.7 Å². The van der Waals surface area contributed by atoms with E-state index in [4.69, 9.17) is 11.1 Å². The molecule has 3 atom stereocenters. The lowest BCUT2D eigenvalue weighted by Crippen LogP contribution is -2.32. The minimum absolute atomic E-state index is 0.0614. The van der Waals surface area contributed by atoms with Gasteiger partial charge in [0.1, 0.15) is 0 Å². The van der Waals surface area contributed by atoms with E-state index in [1.54, 1.807) is 0 Å². The summed E-state index contributed by atoms with van der Waals surface area (Å²) in [6.45, 7) is 7.38. The maximum absolute atomic E-state index is 9.87. The third-order valence-electron chi connectivity index (χ3n) is 4.90. The Morgan fingerprint density at radius 1 is 1.39 bits per heavy atom. The molecule has 0 aromatic rings. The van der Waals surface area contributed by atoms with Crippen molar-refractivity contribution < 1.29 is 5.11 Å². The summed E-state index contributed by atoms with van der Waals surface area (Å²) in [4.78, 5) is 2.48. The first-order valence-corrected chi connectivity index (χ1v) is 7.15. The molecule has 18 heavy (non-hydrogen) atoms. The fourth-order valence-electron chi connectivity index (χ4n) is 3.39. The molecule has 104 valence electrons. The van der Waals surface area contributed by atoms with Crippen LogP contribution in [0.15, 0.2) is 0 Å². The lowest BCUT2D eigenvalue weighted by molar-refractivity contribution is 0.124. The summed E-state index contributed by atoms with van der Waals surface area (Å²) in [5, 5.41) is 17.4. The van der Waals surface area contributed by atoms with Crippen LogP contribution in [0.5, 0.6) is 0 Å². The van der Waals surface area contributed by atoms with Gasteiger partial charge in [-0.15, -0.1) is 0 Å². The number of likely N-dealkylation sites (tertiary alicyclic amines) is 1. The van der Waals surface area contributed by atoms with E-state index in [0.29, 0.717) is 5.92 Å². The van der Waals surface area contributed by atoms with Crippen LogP contribution in [-0.2, 0) is 0 Å². The summed E-state index contributed by atoms with van der Waals surface area (Å²) in [6, 6.07) is 0. The Balaban J connectivity index is 1.72. The maximum atomic E-state index is 9.87. The Morgan fingerprint density at radius 3 is 2.72 bits per heavy atom. The summed E-state index contributed by atoms with van der Waals surface area (Å²) in [6.07, 6.45) is 4.19. The van der Waals surface area contributed by atoms with Crippen molar-refractivity contribution in [3.63, 3.8) is 0 Å². The quantitative estimate of drug-likeness (QED) is 0.512. The number of aliphatic hydroxyl groups excluding tert-OH is 1. The highest BCUT2D eigenvalue weighted by molar-refractivity contribution is 5.82. The van der Waals surface area contributed by atoms with Gasteiger partial charge in [0.05, 0.1) is 11.9 Å². The molecule has 1 aliphatic carbocycles. The second-order valence-electron chi connectivity index (χ2n) is 6.73. The first-order valence-electron chi connectivity index (χ1n) is 7.15. The number of nitrogens with zero attached hydrogens (tertiary/aromatic N) is 1. The Labute approximate surface area is 110 Å². The molecule has 0 spiro atoms. The topological polar surface area (TPSA) is 73.3 Å². The molecular weight excluding hydrogens is 226 g/mol. The van der Waals surface area contributed by atoms with E-state index in [-0.39, 0.29) is 17.4 Å². The van der Waals surface area contributed by atoms with Crippen LogP contribution in [0.25, 0.3) is 0 Å². The normalized spacial score (nSPS) is 32.7. The highest BCUT2D eigenvalue weighted by Gasteiger charge is 2.41. The Morgan fingerprint density at radius 2 is 2.11 bits per heavy atom. The fourth-order valence-corrected chi connectivity index (χ4v) is 3.39. The van der Waals surface area contributed by atoms with Gasteiger partial charge in [0.25, 0.3) is 0 Å². The molecule has 4 heteroatoms. The highest BCUT2D eigenvalue weighted by atomic mass is 16.3. The van der Waals surface area contributed by atoms with Crippen molar-refractivity contribution in [3.05, 3.63) is 0 Å². The number of aliphatic hydroxyl groups is 1. The minimum Gasteiger partial charge on any atom is -0.393 e. The van der Waals surface area contributed by atoms with Gasteiger partial charge in [-0.05, 0) is 38.1 Å². The largest absolute Gasteiger partial charge is 0.393 e. The van der Waals surface area contributed by atoms with Gasteiger partial charge in [0.2, 0.25) is 0 Å². The Bertz CT molecular complexity index is 316. The molecule has 2 aliphatic rings. The van der Waals surface area contributed by atoms with Crippen LogP contribution in [0.1, 0.15) is 39.5 Å². The third-order valence-corrected chi connectivity index (χ3v) is 4.90. The molecule has 0 aromatic carbocycles. The second-order valence-corrected chi connectivity index (χ2v) is 6.73. The van der Waals surface area contributed by atoms with Gasteiger partial charge >= 0.3 is 0 Å². The number of hydrogen-bond donors (Lipinski definition) is 3. The van der Waals surface area contributed by atoms with Crippen LogP contribution in [0.2, 0.25) is 0 Å². The van der Waals surface area contributed by atoms with Gasteiger partial charge in [-0.3, -0.25) is 5.41 Å². The van der Waals surface area contributed by atoms with Crippen LogP contribution in [-0.4, -0.2) is 41.6 Å². The molecule has 1 aliphatic heterocycles. The van der Waals surface area contributed by atoms with E-state index >= 15 is 0 Å². The average molecular weight is 253 g/mol. The smallest absolute Gasteiger partial charge is 0.0963 e. The molecule has 0 amide bonds. The predicted molar refractivity (Wildman–Crippen MR) is 73.6 cm³/mol. The zero-order valence-electron chi connectivity index (χ0n) is 11.7. The Kier molecular flexibility index (Phi) is 3.97. The first kappa shape index (κ1) is 13.8. The lowest BCUT2D eigenvalue weighted by Gasteiger charge is -2.24. The van der Waals surface area contributed by atoms with Crippen molar-refractivity contribution in [2.45, 2.75) is 45.6 Å². The zero-order valence-corrected chi connectivity index (χ0v) is 11.7. The van der Waals surface area contributed by atoms with Crippen molar-refractivity contribution in [2.75, 3.05) is 19.6 Å². The molecule has 4 N–H and O–H groups in total. The molecule has 1 saturated heterocycles. The standard InChI is InChI=1S/C14H27N3O/c1-14(2,13(15)16)6-3-7-17-8-10-4-5-12(18)11(10)9-17/h10-12,18H,3-9H2,1-2H3,(H3,15,16). The minimum atomic E-state index is -0.172. The Hall–Kier alpha value is -0.610. The molecule has 1 heterocycles. The molecule has 4 nitrogen and oxygen atoms in total. The van der Waals surface area contributed by atoms with Gasteiger partial charge in [-0.25, -0.2) is 0 Å². The summed E-state index contributed by atoms with van der Waals surface area (Å²) >= 11 is 0. The number of rotatable bonds is 5. The fraction of sp³-hybridized carbons (Fsp3) is 0.929. The maximum Gasteiger partial charge on any atom is 0.0963 e. The lowest BCUT2D eigenvalue weighted by atomic mass is 9.86. The first-order chi connectivity index (χ1) is 8.40.